The van der Waals surface area contributed by atoms with Crippen LogP contribution in [0, 0.1) is 0 Å². The summed E-state index contributed by atoms with van der Waals surface area (Å²) in [6.07, 6.45) is 1.19. The van der Waals surface area contributed by atoms with Crippen LogP contribution in [-0.4, -0.2) is 56.9 Å². The van der Waals surface area contributed by atoms with Gasteiger partial charge < -0.3 is 28.6 Å². The van der Waals surface area contributed by atoms with Crippen LogP contribution in [0.2, 0.25) is 0 Å². The lowest BCUT2D eigenvalue weighted by atomic mass is 10.2. The van der Waals surface area contributed by atoms with E-state index in [2.05, 4.69) is 0 Å². The van der Waals surface area contributed by atoms with Crippen molar-refractivity contribution in [1.29, 1.82) is 0 Å². The van der Waals surface area contributed by atoms with Gasteiger partial charge in [0.25, 0.3) is 5.91 Å². The Morgan fingerprint density at radius 1 is 1.08 bits per heavy atom. The first-order valence-corrected chi connectivity index (χ1v) is 7.87. The highest BCUT2D eigenvalue weighted by Gasteiger charge is 2.20. The van der Waals surface area contributed by atoms with Crippen molar-refractivity contribution < 1.29 is 33.3 Å². The van der Waals surface area contributed by atoms with E-state index in [1.165, 1.54) is 11.2 Å². The summed E-state index contributed by atoms with van der Waals surface area (Å²) < 4.78 is 26.0. The summed E-state index contributed by atoms with van der Waals surface area (Å²) in [5.74, 6) is 0.271. The van der Waals surface area contributed by atoms with Crippen molar-refractivity contribution in [3.05, 3.63) is 35.8 Å². The first-order chi connectivity index (χ1) is 12.1. The van der Waals surface area contributed by atoms with E-state index in [-0.39, 0.29) is 24.9 Å². The molecule has 134 valence electrons. The summed E-state index contributed by atoms with van der Waals surface area (Å²) in [6, 6.07) is 5.51. The highest BCUT2D eigenvalue weighted by atomic mass is 16.6. The standard InChI is InChI=1S/C17H19NO7/c1-18(9-12-2-3-13-14(8-12)23-7-6-22-13)16(19)11-25-17(20)15-10-21-4-5-24-15/h2-3,8,10H,4-7,9,11H2,1H3. The first kappa shape index (κ1) is 16.9. The largest absolute Gasteiger partial charge is 0.493 e. The molecule has 2 aliphatic heterocycles. The molecule has 0 N–H and O–H groups in total. The maximum Gasteiger partial charge on any atom is 0.377 e. The van der Waals surface area contributed by atoms with E-state index in [4.69, 9.17) is 23.7 Å². The zero-order valence-corrected chi connectivity index (χ0v) is 13.9. The molecule has 0 saturated carbocycles. The van der Waals surface area contributed by atoms with Crippen molar-refractivity contribution in [2.75, 3.05) is 40.1 Å². The minimum absolute atomic E-state index is 0.0338. The molecule has 0 aromatic heterocycles. The van der Waals surface area contributed by atoms with Gasteiger partial charge in [0.05, 0.1) is 0 Å². The fourth-order valence-corrected chi connectivity index (χ4v) is 2.33. The monoisotopic (exact) mass is 349 g/mol. The summed E-state index contributed by atoms with van der Waals surface area (Å²) in [4.78, 5) is 25.3. The molecule has 0 aliphatic carbocycles. The number of nitrogens with zero attached hydrogens (tertiary/aromatic N) is 1. The molecular formula is C17H19NO7. The molecule has 8 nitrogen and oxygen atoms in total. The van der Waals surface area contributed by atoms with Crippen LogP contribution in [0.3, 0.4) is 0 Å². The average Bonchev–Trinajstić information content (AvgIpc) is 2.66. The van der Waals surface area contributed by atoms with Crippen LogP contribution >= 0.6 is 0 Å². The van der Waals surface area contributed by atoms with E-state index in [1.54, 1.807) is 7.05 Å². The number of rotatable bonds is 5. The Morgan fingerprint density at radius 2 is 1.84 bits per heavy atom. The average molecular weight is 349 g/mol. The van der Waals surface area contributed by atoms with Crippen molar-refractivity contribution in [1.82, 2.24) is 4.90 Å². The zero-order chi connectivity index (χ0) is 17.6. The molecule has 0 bridgehead atoms. The number of benzene rings is 1. The molecule has 25 heavy (non-hydrogen) atoms. The van der Waals surface area contributed by atoms with Crippen LogP contribution in [-0.2, 0) is 30.3 Å². The lowest BCUT2D eigenvalue weighted by Gasteiger charge is -2.21. The lowest BCUT2D eigenvalue weighted by molar-refractivity contribution is -0.152. The van der Waals surface area contributed by atoms with E-state index in [9.17, 15) is 9.59 Å². The van der Waals surface area contributed by atoms with Crippen molar-refractivity contribution >= 4 is 11.9 Å². The van der Waals surface area contributed by atoms with Crippen LogP contribution in [0.4, 0.5) is 0 Å². The molecule has 0 unspecified atom stereocenters. The number of hydrogen-bond donors (Lipinski definition) is 0. The molecular weight excluding hydrogens is 330 g/mol. The van der Waals surface area contributed by atoms with Gasteiger partial charge in [0, 0.05) is 13.6 Å². The van der Waals surface area contributed by atoms with Gasteiger partial charge >= 0.3 is 5.97 Å². The Morgan fingerprint density at radius 3 is 2.60 bits per heavy atom. The van der Waals surface area contributed by atoms with Gasteiger partial charge in [-0.3, -0.25) is 4.79 Å². The Hall–Kier alpha value is -2.90. The number of hydrogen-bond acceptors (Lipinski definition) is 7. The molecule has 0 saturated heterocycles. The fraction of sp³-hybridized carbons (Fsp3) is 0.412. The fourth-order valence-electron chi connectivity index (χ4n) is 2.33. The van der Waals surface area contributed by atoms with Gasteiger partial charge in [0.2, 0.25) is 5.76 Å². The molecule has 1 aromatic rings. The van der Waals surface area contributed by atoms with Crippen LogP contribution in [0.15, 0.2) is 30.2 Å². The topological polar surface area (TPSA) is 83.5 Å². The molecule has 2 heterocycles. The quantitative estimate of drug-likeness (QED) is 0.729. The summed E-state index contributed by atoms with van der Waals surface area (Å²) in [6.45, 7) is 1.67. The van der Waals surface area contributed by atoms with Gasteiger partial charge in [0.15, 0.2) is 18.1 Å². The third-order valence-corrected chi connectivity index (χ3v) is 3.63. The second kappa shape index (κ2) is 7.78. The number of carbonyl (C=O) groups is 2. The first-order valence-electron chi connectivity index (χ1n) is 7.87. The normalized spacial score (nSPS) is 15.3. The molecule has 2 aliphatic rings. The number of amides is 1. The SMILES string of the molecule is CN(Cc1ccc2c(c1)OCCO2)C(=O)COC(=O)C1=COCCO1. The molecule has 8 heteroatoms. The van der Waals surface area contributed by atoms with Crippen molar-refractivity contribution in [3.63, 3.8) is 0 Å². The highest BCUT2D eigenvalue weighted by Crippen LogP contribution is 2.31. The predicted octanol–water partition coefficient (Wildman–Crippen LogP) is 0.848. The smallest absolute Gasteiger partial charge is 0.377 e. The van der Waals surface area contributed by atoms with Gasteiger partial charge in [-0.15, -0.1) is 0 Å². The van der Waals surface area contributed by atoms with E-state index in [0.29, 0.717) is 37.9 Å². The van der Waals surface area contributed by atoms with Crippen molar-refractivity contribution in [3.8, 4) is 11.5 Å². The minimum Gasteiger partial charge on any atom is -0.493 e. The van der Waals surface area contributed by atoms with E-state index < -0.39 is 5.97 Å². The van der Waals surface area contributed by atoms with E-state index in [0.717, 1.165) is 5.56 Å². The van der Waals surface area contributed by atoms with Crippen LogP contribution < -0.4 is 9.47 Å². The number of ether oxygens (including phenoxy) is 5. The number of esters is 1. The van der Waals surface area contributed by atoms with E-state index >= 15 is 0 Å². The summed E-state index contributed by atoms with van der Waals surface area (Å²) in [5, 5.41) is 0. The third-order valence-electron chi connectivity index (χ3n) is 3.63. The molecule has 0 radical (unpaired) electrons. The molecule has 1 amide bonds. The maximum absolute atomic E-state index is 12.1. The van der Waals surface area contributed by atoms with E-state index in [1.807, 2.05) is 18.2 Å². The molecule has 1 aromatic carbocycles. The summed E-state index contributed by atoms with van der Waals surface area (Å²) in [5.41, 5.74) is 0.887. The highest BCUT2D eigenvalue weighted by molar-refractivity contribution is 5.88. The maximum atomic E-state index is 12.1. The predicted molar refractivity (Wildman–Crippen MR) is 84.9 cm³/mol. The van der Waals surface area contributed by atoms with Crippen molar-refractivity contribution in [2.24, 2.45) is 0 Å². The third kappa shape index (κ3) is 4.34. The number of likely N-dealkylation sites (N-methyl/N-ethyl adjacent to an activating group) is 1. The van der Waals surface area contributed by atoms with Gasteiger partial charge in [0.1, 0.15) is 32.7 Å². The van der Waals surface area contributed by atoms with Crippen LogP contribution in [0.1, 0.15) is 5.56 Å². The zero-order valence-electron chi connectivity index (χ0n) is 13.9. The molecule has 0 spiro atoms. The second-order valence-corrected chi connectivity index (χ2v) is 5.51. The molecule has 0 atom stereocenters. The summed E-state index contributed by atoms with van der Waals surface area (Å²) >= 11 is 0. The van der Waals surface area contributed by atoms with Crippen LogP contribution in [0.25, 0.3) is 0 Å². The van der Waals surface area contributed by atoms with Gasteiger partial charge in [-0.25, -0.2) is 4.79 Å². The number of fused-ring (bicyclic) bond motifs is 1. The van der Waals surface area contributed by atoms with Gasteiger partial charge in [-0.05, 0) is 17.7 Å². The van der Waals surface area contributed by atoms with Gasteiger partial charge in [-0.1, -0.05) is 6.07 Å². The van der Waals surface area contributed by atoms with Crippen LogP contribution in [0.5, 0.6) is 11.5 Å². The minimum atomic E-state index is -0.722. The molecule has 0 fully saturated rings. The second-order valence-electron chi connectivity index (χ2n) is 5.51. The Labute approximate surface area is 144 Å². The Balaban J connectivity index is 1.50. The molecule has 3 rings (SSSR count). The lowest BCUT2D eigenvalue weighted by Crippen LogP contribution is -2.31. The Kier molecular flexibility index (Phi) is 5.27. The summed E-state index contributed by atoms with van der Waals surface area (Å²) in [7, 11) is 1.63. The number of carbonyl (C=O) groups excluding carboxylic acids is 2. The Bertz CT molecular complexity index is 686. The van der Waals surface area contributed by atoms with Gasteiger partial charge in [-0.2, -0.15) is 0 Å². The van der Waals surface area contributed by atoms with Crippen molar-refractivity contribution in [2.45, 2.75) is 6.54 Å².